The number of pyridine rings is 1. The van der Waals surface area contributed by atoms with E-state index in [2.05, 4.69) is 16.6 Å². The summed E-state index contributed by atoms with van der Waals surface area (Å²) in [6.07, 6.45) is 1.78. The first kappa shape index (κ1) is 18.1. The van der Waals surface area contributed by atoms with Crippen LogP contribution in [0.1, 0.15) is 16.1 Å². The molecule has 2 heterocycles. The molecule has 5 nitrogen and oxygen atoms in total. The van der Waals surface area contributed by atoms with Gasteiger partial charge in [0.15, 0.2) is 4.80 Å². The van der Waals surface area contributed by atoms with Crippen molar-refractivity contribution in [2.45, 2.75) is 13.5 Å². The predicted octanol–water partition coefficient (Wildman–Crippen LogP) is 4.50. The molecule has 6 heteroatoms. The number of methoxy groups -OCH3 is 1. The minimum Gasteiger partial charge on any atom is -0.495 e. The number of para-hydroxylation sites is 1. The van der Waals surface area contributed by atoms with Gasteiger partial charge in [-0.1, -0.05) is 29.5 Å². The van der Waals surface area contributed by atoms with Gasteiger partial charge in [-0.3, -0.25) is 9.78 Å². The summed E-state index contributed by atoms with van der Waals surface area (Å²) in [6.45, 7) is 6.31. The maximum Gasteiger partial charge on any atom is 0.279 e. The van der Waals surface area contributed by atoms with E-state index in [0.29, 0.717) is 16.9 Å². The van der Waals surface area contributed by atoms with Gasteiger partial charge < -0.3 is 9.30 Å². The second-order valence-corrected chi connectivity index (χ2v) is 7.38. The molecule has 0 saturated carbocycles. The average molecular weight is 389 g/mol. The minimum absolute atomic E-state index is 0.286. The zero-order valence-electron chi connectivity index (χ0n) is 15.7. The standard InChI is InChI=1S/C22H19N3O2S/c1-4-12-25-20-18(27-3)6-5-7-19(20)28-22(25)24-21(26)16-10-11-17-15(13-16)9-8-14(2)23-17/h4-11,13H,1,12H2,2-3H3. The third-order valence-corrected chi connectivity index (χ3v) is 5.51. The van der Waals surface area contributed by atoms with E-state index in [9.17, 15) is 4.79 Å². The predicted molar refractivity (Wildman–Crippen MR) is 113 cm³/mol. The van der Waals surface area contributed by atoms with E-state index in [-0.39, 0.29) is 5.91 Å². The van der Waals surface area contributed by atoms with Crippen LogP contribution in [0.2, 0.25) is 0 Å². The topological polar surface area (TPSA) is 56.5 Å². The number of hydrogen-bond donors (Lipinski definition) is 0. The summed E-state index contributed by atoms with van der Waals surface area (Å²) in [7, 11) is 1.64. The van der Waals surface area contributed by atoms with E-state index in [1.165, 1.54) is 11.3 Å². The maximum absolute atomic E-state index is 12.9. The lowest BCUT2D eigenvalue weighted by atomic mass is 10.1. The SMILES string of the molecule is C=CCn1c(=NC(=O)c2ccc3nc(C)ccc3c2)sc2cccc(OC)c21. The maximum atomic E-state index is 12.9. The molecule has 1 amide bonds. The van der Waals surface area contributed by atoms with E-state index in [0.717, 1.165) is 32.6 Å². The van der Waals surface area contributed by atoms with Gasteiger partial charge >= 0.3 is 0 Å². The minimum atomic E-state index is -0.286. The van der Waals surface area contributed by atoms with Crippen LogP contribution in [0.5, 0.6) is 5.75 Å². The highest BCUT2D eigenvalue weighted by Crippen LogP contribution is 2.27. The summed E-state index contributed by atoms with van der Waals surface area (Å²) in [6, 6.07) is 15.2. The number of rotatable bonds is 4. The highest BCUT2D eigenvalue weighted by atomic mass is 32.1. The molecule has 0 radical (unpaired) electrons. The molecule has 0 N–H and O–H groups in total. The zero-order chi connectivity index (χ0) is 19.7. The molecule has 0 aliphatic carbocycles. The summed E-state index contributed by atoms with van der Waals surface area (Å²) in [4.78, 5) is 22.4. The monoisotopic (exact) mass is 389 g/mol. The molecule has 0 saturated heterocycles. The van der Waals surface area contributed by atoms with Crippen LogP contribution in [0.3, 0.4) is 0 Å². The van der Waals surface area contributed by atoms with Crippen molar-refractivity contribution < 1.29 is 9.53 Å². The van der Waals surface area contributed by atoms with Gasteiger partial charge in [-0.25, -0.2) is 0 Å². The Balaban J connectivity index is 1.85. The molecule has 0 fully saturated rings. The van der Waals surface area contributed by atoms with E-state index < -0.39 is 0 Å². The Kier molecular flexibility index (Phi) is 4.79. The van der Waals surface area contributed by atoms with Gasteiger partial charge in [0.25, 0.3) is 5.91 Å². The van der Waals surface area contributed by atoms with Gasteiger partial charge in [0.1, 0.15) is 11.3 Å². The number of benzene rings is 2. The van der Waals surface area contributed by atoms with Crippen molar-refractivity contribution in [2.75, 3.05) is 7.11 Å². The smallest absolute Gasteiger partial charge is 0.279 e. The lowest BCUT2D eigenvalue weighted by Crippen LogP contribution is -2.16. The summed E-state index contributed by atoms with van der Waals surface area (Å²) in [5.74, 6) is 0.461. The van der Waals surface area contributed by atoms with Crippen LogP contribution in [-0.4, -0.2) is 22.6 Å². The number of carbonyl (C=O) groups excluding carboxylic acids is 1. The van der Waals surface area contributed by atoms with Gasteiger partial charge in [0.05, 0.1) is 17.3 Å². The highest BCUT2D eigenvalue weighted by Gasteiger charge is 2.12. The molecule has 4 rings (SSSR count). The third kappa shape index (κ3) is 3.23. The number of hydrogen-bond acceptors (Lipinski definition) is 4. The molecule has 0 aliphatic rings. The summed E-state index contributed by atoms with van der Waals surface area (Å²) < 4.78 is 8.45. The van der Waals surface area contributed by atoms with Gasteiger partial charge in [0.2, 0.25) is 0 Å². The Labute approximate surface area is 166 Å². The fraction of sp³-hybridized carbons (Fsp3) is 0.136. The van der Waals surface area contributed by atoms with Gasteiger partial charge in [-0.15, -0.1) is 6.58 Å². The Bertz CT molecular complexity index is 1280. The Morgan fingerprint density at radius 3 is 2.93 bits per heavy atom. The van der Waals surface area contributed by atoms with E-state index in [1.807, 2.05) is 54.0 Å². The molecule has 0 aliphatic heterocycles. The molecule has 0 spiro atoms. The number of thiazole rings is 1. The number of allylic oxidation sites excluding steroid dienone is 1. The van der Waals surface area contributed by atoms with Crippen molar-refractivity contribution >= 4 is 38.4 Å². The molecular formula is C22H19N3O2S. The second kappa shape index (κ2) is 7.40. The normalized spacial score (nSPS) is 11.9. The highest BCUT2D eigenvalue weighted by molar-refractivity contribution is 7.16. The molecule has 140 valence electrons. The first-order chi connectivity index (χ1) is 13.6. The first-order valence-corrected chi connectivity index (χ1v) is 9.66. The number of aromatic nitrogens is 2. The largest absolute Gasteiger partial charge is 0.495 e. The zero-order valence-corrected chi connectivity index (χ0v) is 16.5. The van der Waals surface area contributed by atoms with Crippen LogP contribution >= 0.6 is 11.3 Å². The summed E-state index contributed by atoms with van der Waals surface area (Å²) in [5.41, 5.74) is 3.26. The molecule has 2 aromatic heterocycles. The van der Waals surface area contributed by atoms with Crippen molar-refractivity contribution in [1.82, 2.24) is 9.55 Å². The van der Waals surface area contributed by atoms with Gasteiger partial charge in [-0.2, -0.15) is 4.99 Å². The lowest BCUT2D eigenvalue weighted by Gasteiger charge is -2.06. The Morgan fingerprint density at radius 1 is 1.29 bits per heavy atom. The first-order valence-electron chi connectivity index (χ1n) is 8.84. The molecule has 0 bridgehead atoms. The number of nitrogens with zero attached hydrogens (tertiary/aromatic N) is 3. The molecule has 2 aromatic carbocycles. The van der Waals surface area contributed by atoms with E-state index >= 15 is 0 Å². The van der Waals surface area contributed by atoms with Gasteiger partial charge in [0, 0.05) is 23.2 Å². The summed E-state index contributed by atoms with van der Waals surface area (Å²) in [5, 5.41) is 0.920. The van der Waals surface area contributed by atoms with Crippen LogP contribution in [-0.2, 0) is 6.54 Å². The van der Waals surface area contributed by atoms with E-state index in [1.54, 1.807) is 19.3 Å². The number of amides is 1. The van der Waals surface area contributed by atoms with E-state index in [4.69, 9.17) is 4.74 Å². The molecule has 4 aromatic rings. The fourth-order valence-corrected chi connectivity index (χ4v) is 4.21. The van der Waals surface area contributed by atoms with Crippen LogP contribution in [0.25, 0.3) is 21.1 Å². The number of fused-ring (bicyclic) bond motifs is 2. The summed E-state index contributed by atoms with van der Waals surface area (Å²) >= 11 is 1.46. The molecule has 0 unspecified atom stereocenters. The number of ether oxygens (including phenoxy) is 1. The number of carbonyl (C=O) groups is 1. The van der Waals surface area contributed by atoms with Crippen molar-refractivity contribution in [1.29, 1.82) is 0 Å². The van der Waals surface area contributed by atoms with Crippen LogP contribution < -0.4 is 9.54 Å². The molecule has 0 atom stereocenters. The fourth-order valence-electron chi connectivity index (χ4n) is 3.16. The van der Waals surface area contributed by atoms with Crippen molar-refractivity contribution in [3.63, 3.8) is 0 Å². The average Bonchev–Trinajstić information content (AvgIpc) is 3.05. The van der Waals surface area contributed by atoms with Gasteiger partial charge in [-0.05, 0) is 43.3 Å². The Hall–Kier alpha value is -3.25. The quantitative estimate of drug-likeness (QED) is 0.483. The van der Waals surface area contributed by atoms with Crippen molar-refractivity contribution in [3.05, 3.63) is 77.2 Å². The number of aryl methyl sites for hydroxylation is 1. The lowest BCUT2D eigenvalue weighted by molar-refractivity contribution is 0.0998. The van der Waals surface area contributed by atoms with Crippen LogP contribution in [0.4, 0.5) is 0 Å². The van der Waals surface area contributed by atoms with Crippen molar-refractivity contribution in [2.24, 2.45) is 4.99 Å². The molecular weight excluding hydrogens is 370 g/mol. The second-order valence-electron chi connectivity index (χ2n) is 6.37. The van der Waals surface area contributed by atoms with Crippen LogP contribution in [0, 0.1) is 6.92 Å². The molecule has 28 heavy (non-hydrogen) atoms. The Morgan fingerprint density at radius 2 is 2.14 bits per heavy atom. The van der Waals surface area contributed by atoms with Crippen LogP contribution in [0.15, 0.2) is 66.2 Å². The third-order valence-electron chi connectivity index (χ3n) is 4.47. The van der Waals surface area contributed by atoms with Crippen molar-refractivity contribution in [3.8, 4) is 5.75 Å².